The van der Waals surface area contributed by atoms with Crippen molar-refractivity contribution in [2.45, 2.75) is 33.6 Å². The maximum atomic E-state index is 12.5. The van der Waals surface area contributed by atoms with E-state index in [0.29, 0.717) is 24.7 Å². The summed E-state index contributed by atoms with van der Waals surface area (Å²) in [6.45, 7) is 9.82. The quantitative estimate of drug-likeness (QED) is 0.838. The van der Waals surface area contributed by atoms with Gasteiger partial charge < -0.3 is 15.1 Å². The lowest BCUT2D eigenvalue weighted by atomic mass is 9.99. The molecule has 0 aliphatic carbocycles. The Morgan fingerprint density at radius 3 is 2.44 bits per heavy atom. The van der Waals surface area contributed by atoms with Crippen molar-refractivity contribution in [2.24, 2.45) is 5.92 Å². The van der Waals surface area contributed by atoms with Crippen LogP contribution in [0.5, 0.6) is 0 Å². The molecule has 1 aliphatic rings. The first-order chi connectivity index (χ1) is 13.1. The van der Waals surface area contributed by atoms with E-state index < -0.39 is 0 Å². The van der Waals surface area contributed by atoms with Crippen LogP contribution in [0.2, 0.25) is 0 Å². The number of anilines is 3. The predicted molar refractivity (Wildman–Crippen MR) is 110 cm³/mol. The van der Waals surface area contributed by atoms with Crippen LogP contribution in [-0.2, 0) is 0 Å². The summed E-state index contributed by atoms with van der Waals surface area (Å²) >= 11 is 0. The summed E-state index contributed by atoms with van der Waals surface area (Å²) in [6.07, 6.45) is 4.12. The smallest absolute Gasteiger partial charge is 0.272 e. The van der Waals surface area contributed by atoms with Gasteiger partial charge in [-0.3, -0.25) is 4.79 Å². The molecular weight excluding hydrogens is 338 g/mol. The van der Waals surface area contributed by atoms with Crippen LogP contribution in [0.3, 0.4) is 0 Å². The summed E-state index contributed by atoms with van der Waals surface area (Å²) < 4.78 is 0. The molecule has 6 nitrogen and oxygen atoms in total. The van der Waals surface area contributed by atoms with E-state index in [-0.39, 0.29) is 5.91 Å². The number of hydrogen-bond acceptors (Lipinski definition) is 5. The summed E-state index contributed by atoms with van der Waals surface area (Å²) in [5, 5.41) is 3.20. The molecule has 6 heteroatoms. The van der Waals surface area contributed by atoms with Gasteiger partial charge in [0.05, 0.1) is 0 Å². The Morgan fingerprint density at radius 1 is 1.15 bits per heavy atom. The number of rotatable bonds is 6. The third kappa shape index (κ3) is 4.76. The van der Waals surface area contributed by atoms with E-state index in [4.69, 9.17) is 0 Å². The Balaban J connectivity index is 1.67. The number of aromatic nitrogens is 2. The Labute approximate surface area is 161 Å². The summed E-state index contributed by atoms with van der Waals surface area (Å²) in [7, 11) is 0. The summed E-state index contributed by atoms with van der Waals surface area (Å²) in [5.41, 5.74) is 2.57. The molecule has 0 saturated carbocycles. The lowest BCUT2D eigenvalue weighted by Gasteiger charge is -2.32. The minimum Gasteiger partial charge on any atom is -0.372 e. The van der Waals surface area contributed by atoms with Crippen LogP contribution in [0.25, 0.3) is 0 Å². The first-order valence-corrected chi connectivity index (χ1v) is 9.85. The van der Waals surface area contributed by atoms with Gasteiger partial charge in [0.25, 0.3) is 5.91 Å². The van der Waals surface area contributed by atoms with E-state index in [1.165, 1.54) is 18.5 Å². The fraction of sp³-hybridized carbons (Fsp3) is 0.476. The van der Waals surface area contributed by atoms with E-state index in [9.17, 15) is 4.79 Å². The van der Waals surface area contributed by atoms with Crippen molar-refractivity contribution in [3.63, 3.8) is 0 Å². The number of amides is 1. The van der Waals surface area contributed by atoms with Crippen molar-refractivity contribution in [1.29, 1.82) is 0 Å². The molecule has 1 amide bonds. The van der Waals surface area contributed by atoms with Crippen molar-refractivity contribution < 1.29 is 4.79 Å². The topological polar surface area (TPSA) is 61.4 Å². The van der Waals surface area contributed by atoms with Crippen LogP contribution in [-0.4, -0.2) is 47.0 Å². The molecule has 0 bridgehead atoms. The van der Waals surface area contributed by atoms with Gasteiger partial charge in [-0.1, -0.05) is 6.92 Å². The lowest BCUT2D eigenvalue weighted by molar-refractivity contribution is 0.0767. The van der Waals surface area contributed by atoms with Gasteiger partial charge in [-0.05, 0) is 62.9 Å². The molecule has 1 saturated heterocycles. The maximum Gasteiger partial charge on any atom is 0.272 e. The predicted octanol–water partition coefficient (Wildman–Crippen LogP) is 3.94. The van der Waals surface area contributed by atoms with Gasteiger partial charge in [0.1, 0.15) is 5.69 Å². The van der Waals surface area contributed by atoms with E-state index in [1.807, 2.05) is 26.0 Å². The van der Waals surface area contributed by atoms with Crippen LogP contribution >= 0.6 is 0 Å². The van der Waals surface area contributed by atoms with Gasteiger partial charge in [-0.2, -0.15) is 0 Å². The second-order valence-corrected chi connectivity index (χ2v) is 7.08. The average molecular weight is 367 g/mol. The highest BCUT2D eigenvalue weighted by atomic mass is 16.2. The van der Waals surface area contributed by atoms with Crippen LogP contribution in [0, 0.1) is 5.92 Å². The molecule has 1 aromatic carbocycles. The third-order valence-electron chi connectivity index (χ3n) is 5.20. The van der Waals surface area contributed by atoms with E-state index >= 15 is 0 Å². The fourth-order valence-electron chi connectivity index (χ4n) is 3.36. The molecule has 0 atom stereocenters. The fourth-order valence-corrected chi connectivity index (χ4v) is 3.36. The molecule has 1 aromatic heterocycles. The first-order valence-electron chi connectivity index (χ1n) is 9.85. The highest BCUT2D eigenvalue weighted by molar-refractivity contribution is 5.92. The molecule has 27 heavy (non-hydrogen) atoms. The summed E-state index contributed by atoms with van der Waals surface area (Å²) in [6, 6.07) is 9.99. The van der Waals surface area contributed by atoms with E-state index in [2.05, 4.69) is 39.2 Å². The monoisotopic (exact) mass is 367 g/mol. The number of piperidine rings is 1. The minimum atomic E-state index is -0.0693. The highest BCUT2D eigenvalue weighted by Crippen LogP contribution is 2.25. The van der Waals surface area contributed by atoms with Gasteiger partial charge in [0, 0.05) is 43.8 Å². The minimum absolute atomic E-state index is 0.0693. The van der Waals surface area contributed by atoms with Crippen LogP contribution in [0.15, 0.2) is 36.5 Å². The van der Waals surface area contributed by atoms with Gasteiger partial charge in [0.15, 0.2) is 0 Å². The first kappa shape index (κ1) is 19.1. The number of carbonyl (C=O) groups is 1. The number of hydrogen-bond donors (Lipinski definition) is 1. The SMILES string of the molecule is CCN(CC)C(=O)c1ccnc(Nc2ccc(N3CCC(C)CC3)cc2)n1. The molecule has 0 spiro atoms. The van der Waals surface area contributed by atoms with Crippen molar-refractivity contribution in [1.82, 2.24) is 14.9 Å². The van der Waals surface area contributed by atoms with Gasteiger partial charge >= 0.3 is 0 Å². The Morgan fingerprint density at radius 2 is 1.81 bits per heavy atom. The average Bonchev–Trinajstić information content (AvgIpc) is 2.70. The lowest BCUT2D eigenvalue weighted by Crippen LogP contribution is -2.32. The third-order valence-corrected chi connectivity index (χ3v) is 5.20. The largest absolute Gasteiger partial charge is 0.372 e. The molecule has 0 unspecified atom stereocenters. The van der Waals surface area contributed by atoms with Gasteiger partial charge in [-0.15, -0.1) is 0 Å². The number of nitrogens with one attached hydrogen (secondary N) is 1. The van der Waals surface area contributed by atoms with E-state index in [1.54, 1.807) is 17.2 Å². The van der Waals surface area contributed by atoms with Crippen LogP contribution < -0.4 is 10.2 Å². The van der Waals surface area contributed by atoms with Crippen molar-refractivity contribution in [3.05, 3.63) is 42.2 Å². The standard InChI is InChI=1S/C21H29N5O/c1-4-25(5-2)20(27)19-10-13-22-21(24-19)23-17-6-8-18(9-7-17)26-14-11-16(3)12-15-26/h6-10,13,16H,4-5,11-12,14-15H2,1-3H3,(H,22,23,24). The molecule has 0 radical (unpaired) electrons. The molecule has 144 valence electrons. The zero-order valence-corrected chi connectivity index (χ0v) is 16.5. The normalized spacial score (nSPS) is 14.9. The second-order valence-electron chi connectivity index (χ2n) is 7.08. The molecule has 1 aliphatic heterocycles. The van der Waals surface area contributed by atoms with Crippen LogP contribution in [0.1, 0.15) is 44.1 Å². The van der Waals surface area contributed by atoms with Gasteiger partial charge in [0.2, 0.25) is 5.95 Å². The zero-order valence-electron chi connectivity index (χ0n) is 16.5. The van der Waals surface area contributed by atoms with Crippen molar-refractivity contribution >= 4 is 23.2 Å². The summed E-state index contributed by atoms with van der Waals surface area (Å²) in [5.74, 6) is 1.19. The van der Waals surface area contributed by atoms with Crippen LogP contribution in [0.4, 0.5) is 17.3 Å². The molecule has 3 rings (SSSR count). The summed E-state index contributed by atoms with van der Waals surface area (Å²) in [4.78, 5) is 25.3. The number of carbonyl (C=O) groups excluding carboxylic acids is 1. The molecular formula is C21H29N5O. The van der Waals surface area contributed by atoms with E-state index in [0.717, 1.165) is 24.7 Å². The van der Waals surface area contributed by atoms with Gasteiger partial charge in [-0.25, -0.2) is 9.97 Å². The molecule has 1 fully saturated rings. The van der Waals surface area contributed by atoms with Crippen molar-refractivity contribution in [2.75, 3.05) is 36.4 Å². The number of nitrogens with zero attached hydrogens (tertiary/aromatic N) is 4. The Kier molecular flexibility index (Phi) is 6.27. The maximum absolute atomic E-state index is 12.5. The Hall–Kier alpha value is -2.63. The Bertz CT molecular complexity index is 749. The molecule has 1 N–H and O–H groups in total. The number of benzene rings is 1. The molecule has 2 aromatic rings. The van der Waals surface area contributed by atoms with Crippen molar-refractivity contribution in [3.8, 4) is 0 Å². The second kappa shape index (κ2) is 8.84. The zero-order chi connectivity index (χ0) is 19.2. The highest BCUT2D eigenvalue weighted by Gasteiger charge is 2.16. The molecule has 2 heterocycles.